The summed E-state index contributed by atoms with van der Waals surface area (Å²) < 4.78 is 10.5. The first kappa shape index (κ1) is 22.4. The SMILES string of the molecule is COc1ccc(C(=O)N2CCN(C(=O)c3cc(-c4ccc(C)cc4C)n[nH]3)CC2)cc1OC. The monoisotopic (exact) mass is 448 g/mol. The molecule has 1 saturated heterocycles. The molecule has 0 unspecified atom stereocenters. The largest absolute Gasteiger partial charge is 0.493 e. The fourth-order valence-corrected chi connectivity index (χ4v) is 4.11. The molecule has 3 aromatic rings. The molecule has 8 heteroatoms. The maximum absolute atomic E-state index is 13.0. The number of aromatic amines is 1. The van der Waals surface area contributed by atoms with Crippen molar-refractivity contribution in [2.24, 2.45) is 0 Å². The van der Waals surface area contributed by atoms with E-state index in [0.717, 1.165) is 16.8 Å². The zero-order valence-corrected chi connectivity index (χ0v) is 19.3. The maximum atomic E-state index is 13.0. The number of nitrogens with one attached hydrogen (secondary N) is 1. The number of ether oxygens (including phenoxy) is 2. The van der Waals surface area contributed by atoms with Crippen LogP contribution in [-0.4, -0.2) is 72.2 Å². The number of H-pyrrole nitrogens is 1. The normalized spacial score (nSPS) is 13.7. The van der Waals surface area contributed by atoms with Crippen LogP contribution in [0.4, 0.5) is 0 Å². The number of hydrogen-bond donors (Lipinski definition) is 1. The van der Waals surface area contributed by atoms with E-state index in [9.17, 15) is 9.59 Å². The Morgan fingerprint density at radius 3 is 2.15 bits per heavy atom. The number of aromatic nitrogens is 2. The van der Waals surface area contributed by atoms with E-state index < -0.39 is 0 Å². The molecule has 0 saturated carbocycles. The molecular weight excluding hydrogens is 420 g/mol. The van der Waals surface area contributed by atoms with Gasteiger partial charge in [0.05, 0.1) is 19.9 Å². The minimum atomic E-state index is -0.114. The van der Waals surface area contributed by atoms with Crippen molar-refractivity contribution in [3.8, 4) is 22.8 Å². The highest BCUT2D eigenvalue weighted by Gasteiger charge is 2.27. The summed E-state index contributed by atoms with van der Waals surface area (Å²) in [6.07, 6.45) is 0. The number of carbonyl (C=O) groups is 2. The average molecular weight is 449 g/mol. The first-order valence-electron chi connectivity index (χ1n) is 10.8. The van der Waals surface area contributed by atoms with Gasteiger partial charge in [0.1, 0.15) is 5.69 Å². The van der Waals surface area contributed by atoms with Gasteiger partial charge in [-0.2, -0.15) is 5.10 Å². The van der Waals surface area contributed by atoms with Crippen LogP contribution in [0.25, 0.3) is 11.3 Å². The van der Waals surface area contributed by atoms with E-state index in [4.69, 9.17) is 9.47 Å². The fourth-order valence-electron chi connectivity index (χ4n) is 4.11. The standard InChI is InChI=1S/C25H28N4O4/c1-16-5-7-19(17(2)13-16)20-15-21(27-26-20)25(31)29-11-9-28(10-12-29)24(30)18-6-8-22(32-3)23(14-18)33-4/h5-8,13-15H,9-12H2,1-4H3,(H,26,27). The van der Waals surface area contributed by atoms with Gasteiger partial charge in [-0.25, -0.2) is 0 Å². The number of amides is 2. The highest BCUT2D eigenvalue weighted by atomic mass is 16.5. The van der Waals surface area contributed by atoms with E-state index in [1.54, 1.807) is 41.2 Å². The lowest BCUT2D eigenvalue weighted by Gasteiger charge is -2.34. The zero-order valence-electron chi connectivity index (χ0n) is 19.3. The Balaban J connectivity index is 1.40. The molecule has 0 bridgehead atoms. The van der Waals surface area contributed by atoms with Crippen molar-refractivity contribution in [1.82, 2.24) is 20.0 Å². The van der Waals surface area contributed by atoms with Gasteiger partial charge in [-0.1, -0.05) is 23.8 Å². The fraction of sp³-hybridized carbons (Fsp3) is 0.320. The van der Waals surface area contributed by atoms with E-state index in [1.807, 2.05) is 26.0 Å². The summed E-state index contributed by atoms with van der Waals surface area (Å²) in [7, 11) is 3.09. The molecule has 4 rings (SSSR count). The Morgan fingerprint density at radius 2 is 1.52 bits per heavy atom. The summed E-state index contributed by atoms with van der Waals surface area (Å²) in [6, 6.07) is 13.1. The Hall–Kier alpha value is -3.81. The van der Waals surface area contributed by atoms with E-state index in [2.05, 4.69) is 16.3 Å². The molecule has 1 aromatic heterocycles. The van der Waals surface area contributed by atoms with Gasteiger partial charge in [0.15, 0.2) is 11.5 Å². The Labute approximate surface area is 193 Å². The molecule has 0 radical (unpaired) electrons. The van der Waals surface area contributed by atoms with Crippen LogP contribution in [-0.2, 0) is 0 Å². The van der Waals surface area contributed by atoms with Crippen LogP contribution in [0.1, 0.15) is 32.0 Å². The molecule has 2 heterocycles. The lowest BCUT2D eigenvalue weighted by atomic mass is 10.0. The average Bonchev–Trinajstić information content (AvgIpc) is 3.32. The van der Waals surface area contributed by atoms with Crippen molar-refractivity contribution < 1.29 is 19.1 Å². The number of rotatable bonds is 5. The van der Waals surface area contributed by atoms with Crippen LogP contribution in [0, 0.1) is 13.8 Å². The number of aryl methyl sites for hydroxylation is 2. The van der Waals surface area contributed by atoms with Crippen molar-refractivity contribution in [3.05, 3.63) is 64.8 Å². The van der Waals surface area contributed by atoms with Crippen LogP contribution < -0.4 is 9.47 Å². The van der Waals surface area contributed by atoms with Gasteiger partial charge in [0.2, 0.25) is 0 Å². The second-order valence-electron chi connectivity index (χ2n) is 8.14. The first-order chi connectivity index (χ1) is 15.9. The van der Waals surface area contributed by atoms with Crippen LogP contribution in [0.3, 0.4) is 0 Å². The summed E-state index contributed by atoms with van der Waals surface area (Å²) in [6.45, 7) is 5.90. The molecule has 8 nitrogen and oxygen atoms in total. The molecule has 1 fully saturated rings. The lowest BCUT2D eigenvalue weighted by molar-refractivity contribution is 0.0532. The van der Waals surface area contributed by atoms with Crippen molar-refractivity contribution in [1.29, 1.82) is 0 Å². The van der Waals surface area contributed by atoms with Gasteiger partial charge >= 0.3 is 0 Å². The van der Waals surface area contributed by atoms with Gasteiger partial charge in [-0.3, -0.25) is 14.7 Å². The van der Waals surface area contributed by atoms with Crippen molar-refractivity contribution in [2.45, 2.75) is 13.8 Å². The van der Waals surface area contributed by atoms with Crippen molar-refractivity contribution in [3.63, 3.8) is 0 Å². The Bertz CT molecular complexity index is 1180. The first-order valence-corrected chi connectivity index (χ1v) is 10.8. The quantitative estimate of drug-likeness (QED) is 0.647. The summed E-state index contributed by atoms with van der Waals surface area (Å²) >= 11 is 0. The number of carbonyl (C=O) groups excluding carboxylic acids is 2. The van der Waals surface area contributed by atoms with Crippen LogP contribution in [0.5, 0.6) is 11.5 Å². The van der Waals surface area contributed by atoms with Crippen LogP contribution in [0.15, 0.2) is 42.5 Å². The molecule has 2 aromatic carbocycles. The molecule has 0 aliphatic carbocycles. The van der Waals surface area contributed by atoms with Crippen LogP contribution >= 0.6 is 0 Å². The van der Waals surface area contributed by atoms with Crippen LogP contribution in [0.2, 0.25) is 0 Å². The summed E-state index contributed by atoms with van der Waals surface area (Å²) in [5.74, 6) is 0.874. The van der Waals surface area contributed by atoms with E-state index >= 15 is 0 Å². The lowest BCUT2D eigenvalue weighted by Crippen LogP contribution is -2.50. The Kier molecular flexibility index (Phi) is 6.35. The number of hydrogen-bond acceptors (Lipinski definition) is 5. The van der Waals surface area contributed by atoms with E-state index in [1.165, 1.54) is 12.7 Å². The third kappa shape index (κ3) is 4.55. The third-order valence-corrected chi connectivity index (χ3v) is 5.95. The molecule has 1 aliphatic heterocycles. The van der Waals surface area contributed by atoms with Gasteiger partial charge in [-0.15, -0.1) is 0 Å². The minimum absolute atomic E-state index is 0.0956. The molecule has 1 aliphatic rings. The highest BCUT2D eigenvalue weighted by Crippen LogP contribution is 2.28. The number of benzene rings is 2. The van der Waals surface area contributed by atoms with Gasteiger partial charge < -0.3 is 19.3 Å². The van der Waals surface area contributed by atoms with Gasteiger partial charge in [0.25, 0.3) is 11.8 Å². The topological polar surface area (TPSA) is 87.8 Å². The zero-order chi connectivity index (χ0) is 23.5. The van der Waals surface area contributed by atoms with E-state index in [0.29, 0.717) is 48.9 Å². The predicted octanol–water partition coefficient (Wildman–Crippen LogP) is 3.31. The Morgan fingerprint density at radius 1 is 0.848 bits per heavy atom. The van der Waals surface area contributed by atoms with Crippen molar-refractivity contribution >= 4 is 11.8 Å². The van der Waals surface area contributed by atoms with Crippen molar-refractivity contribution in [2.75, 3.05) is 40.4 Å². The molecule has 172 valence electrons. The molecule has 0 spiro atoms. The maximum Gasteiger partial charge on any atom is 0.272 e. The summed E-state index contributed by atoms with van der Waals surface area (Å²) in [5.41, 5.74) is 5.02. The molecular formula is C25H28N4O4. The second-order valence-corrected chi connectivity index (χ2v) is 8.14. The smallest absolute Gasteiger partial charge is 0.272 e. The predicted molar refractivity (Wildman–Crippen MR) is 125 cm³/mol. The van der Waals surface area contributed by atoms with E-state index in [-0.39, 0.29) is 11.8 Å². The minimum Gasteiger partial charge on any atom is -0.493 e. The molecule has 2 amide bonds. The van der Waals surface area contributed by atoms with Gasteiger partial charge in [-0.05, 0) is 43.7 Å². The number of nitrogens with zero attached hydrogens (tertiary/aromatic N) is 3. The molecule has 33 heavy (non-hydrogen) atoms. The number of piperazine rings is 1. The number of methoxy groups -OCH3 is 2. The second kappa shape index (κ2) is 9.36. The summed E-state index contributed by atoms with van der Waals surface area (Å²) in [4.78, 5) is 29.4. The molecule has 1 N–H and O–H groups in total. The highest BCUT2D eigenvalue weighted by molar-refractivity contribution is 5.96. The summed E-state index contributed by atoms with van der Waals surface area (Å²) in [5, 5.41) is 7.23. The van der Waals surface area contributed by atoms with Gasteiger partial charge in [0, 0.05) is 37.3 Å². The molecule has 0 atom stereocenters. The third-order valence-electron chi connectivity index (χ3n) is 5.95.